The lowest BCUT2D eigenvalue weighted by molar-refractivity contribution is 0.514. The van der Waals surface area contributed by atoms with Crippen LogP contribution in [0.15, 0.2) is 72.2 Å². The number of nitrogens with one attached hydrogen (secondary N) is 1. The predicted octanol–water partition coefficient (Wildman–Crippen LogP) is 4.58. The zero-order valence-corrected chi connectivity index (χ0v) is 12.8. The molecule has 2 nitrogen and oxygen atoms in total. The fraction of sp³-hybridized carbons (Fsp3) is 0.167. The van der Waals surface area contributed by atoms with E-state index < -0.39 is 0 Å². The minimum absolute atomic E-state index is 0.101. The molecule has 0 saturated carbocycles. The van der Waals surface area contributed by atoms with Crippen molar-refractivity contribution in [1.82, 2.24) is 10.3 Å². The Hall–Kier alpha value is -1.97. The van der Waals surface area contributed by atoms with E-state index >= 15 is 0 Å². The predicted molar refractivity (Wildman–Crippen MR) is 88.4 cm³/mol. The van der Waals surface area contributed by atoms with E-state index in [0.717, 1.165) is 5.69 Å². The molecule has 2 aromatic heterocycles. The van der Waals surface area contributed by atoms with Crippen LogP contribution < -0.4 is 5.32 Å². The van der Waals surface area contributed by atoms with Crippen molar-refractivity contribution in [3.63, 3.8) is 0 Å². The van der Waals surface area contributed by atoms with Gasteiger partial charge in [-0.1, -0.05) is 42.5 Å². The van der Waals surface area contributed by atoms with Gasteiger partial charge in [-0.25, -0.2) is 0 Å². The quantitative estimate of drug-likeness (QED) is 0.745. The van der Waals surface area contributed by atoms with Crippen molar-refractivity contribution in [2.24, 2.45) is 0 Å². The molecule has 0 radical (unpaired) electrons. The van der Waals surface area contributed by atoms with Crippen molar-refractivity contribution in [2.75, 3.05) is 0 Å². The van der Waals surface area contributed by atoms with Crippen LogP contribution in [0.25, 0.3) is 0 Å². The first-order valence-electron chi connectivity index (χ1n) is 7.10. The summed E-state index contributed by atoms with van der Waals surface area (Å²) >= 11 is 1.78. The summed E-state index contributed by atoms with van der Waals surface area (Å²) in [4.78, 5) is 5.87. The van der Waals surface area contributed by atoms with Gasteiger partial charge in [0.1, 0.15) is 0 Å². The largest absolute Gasteiger partial charge is 0.298 e. The molecule has 106 valence electrons. The maximum Gasteiger partial charge on any atom is 0.0756 e. The van der Waals surface area contributed by atoms with Gasteiger partial charge >= 0.3 is 0 Å². The molecule has 0 spiro atoms. The van der Waals surface area contributed by atoms with E-state index in [-0.39, 0.29) is 12.1 Å². The van der Waals surface area contributed by atoms with Crippen LogP contribution in [0.5, 0.6) is 0 Å². The molecule has 3 aromatic rings. The summed E-state index contributed by atoms with van der Waals surface area (Å²) in [5.74, 6) is 0. The molecule has 1 unspecified atom stereocenters. The SMILES string of the molecule is C[C@@H](NC(c1ccccc1)c1ccccn1)c1cccs1. The van der Waals surface area contributed by atoms with Gasteiger partial charge in [-0.3, -0.25) is 10.3 Å². The Morgan fingerprint density at radius 1 is 0.952 bits per heavy atom. The van der Waals surface area contributed by atoms with Crippen LogP contribution in [0.3, 0.4) is 0 Å². The second kappa shape index (κ2) is 6.66. The molecule has 2 atom stereocenters. The van der Waals surface area contributed by atoms with Crippen molar-refractivity contribution >= 4 is 11.3 Å². The standard InChI is InChI=1S/C18H18N2S/c1-14(17-11-7-13-21-17)20-18(15-8-3-2-4-9-15)16-10-5-6-12-19-16/h2-14,18,20H,1H3/t14-,18?/m1/s1. The first kappa shape index (κ1) is 14.0. The average Bonchev–Trinajstić information content (AvgIpc) is 3.09. The van der Waals surface area contributed by atoms with E-state index in [1.54, 1.807) is 11.3 Å². The topological polar surface area (TPSA) is 24.9 Å². The molecule has 0 amide bonds. The Morgan fingerprint density at radius 2 is 1.76 bits per heavy atom. The van der Waals surface area contributed by atoms with E-state index in [9.17, 15) is 0 Å². The minimum Gasteiger partial charge on any atom is -0.298 e. The fourth-order valence-electron chi connectivity index (χ4n) is 2.41. The van der Waals surface area contributed by atoms with E-state index in [1.165, 1.54) is 10.4 Å². The third-order valence-electron chi connectivity index (χ3n) is 3.50. The summed E-state index contributed by atoms with van der Waals surface area (Å²) in [5, 5.41) is 5.82. The maximum absolute atomic E-state index is 4.53. The lowest BCUT2D eigenvalue weighted by Crippen LogP contribution is -2.25. The summed E-state index contributed by atoms with van der Waals surface area (Å²) in [6, 6.07) is 21.2. The number of hydrogen-bond donors (Lipinski definition) is 1. The van der Waals surface area contributed by atoms with Crippen LogP contribution in [0.4, 0.5) is 0 Å². The summed E-state index contributed by atoms with van der Waals surface area (Å²) in [7, 11) is 0. The van der Waals surface area contributed by atoms with Crippen LogP contribution in [0.2, 0.25) is 0 Å². The number of thiophene rings is 1. The molecule has 1 aromatic carbocycles. The van der Waals surface area contributed by atoms with E-state index in [2.05, 4.69) is 65.1 Å². The fourth-order valence-corrected chi connectivity index (χ4v) is 3.16. The van der Waals surface area contributed by atoms with E-state index in [1.807, 2.05) is 24.4 Å². The molecule has 0 fully saturated rings. The van der Waals surface area contributed by atoms with Gasteiger partial charge in [0.15, 0.2) is 0 Å². The molecule has 0 aliphatic rings. The Kier molecular flexibility index (Phi) is 4.43. The molecule has 0 aliphatic heterocycles. The van der Waals surface area contributed by atoms with Crippen LogP contribution in [0.1, 0.15) is 35.1 Å². The minimum atomic E-state index is 0.101. The zero-order chi connectivity index (χ0) is 14.5. The number of benzene rings is 1. The molecule has 21 heavy (non-hydrogen) atoms. The summed E-state index contributed by atoms with van der Waals surface area (Å²) in [6.45, 7) is 2.20. The van der Waals surface area contributed by atoms with Gasteiger partial charge in [-0.05, 0) is 36.1 Å². The number of pyridine rings is 1. The second-order valence-corrected chi connectivity index (χ2v) is 5.98. The van der Waals surface area contributed by atoms with Gasteiger partial charge in [0.2, 0.25) is 0 Å². The third-order valence-corrected chi connectivity index (χ3v) is 4.56. The van der Waals surface area contributed by atoms with Gasteiger partial charge in [0.05, 0.1) is 11.7 Å². The number of rotatable bonds is 5. The van der Waals surface area contributed by atoms with Crippen LogP contribution in [0, 0.1) is 0 Å². The van der Waals surface area contributed by atoms with Gasteiger partial charge in [-0.15, -0.1) is 11.3 Å². The molecule has 3 rings (SSSR count). The van der Waals surface area contributed by atoms with Crippen molar-refractivity contribution in [3.05, 3.63) is 88.4 Å². The maximum atomic E-state index is 4.53. The Bertz CT molecular complexity index is 611. The number of hydrogen-bond acceptors (Lipinski definition) is 3. The van der Waals surface area contributed by atoms with Crippen molar-refractivity contribution < 1.29 is 0 Å². The van der Waals surface area contributed by atoms with Gasteiger partial charge in [0, 0.05) is 17.1 Å². The van der Waals surface area contributed by atoms with Gasteiger partial charge in [0.25, 0.3) is 0 Å². The second-order valence-electron chi connectivity index (χ2n) is 5.00. The first-order valence-corrected chi connectivity index (χ1v) is 7.98. The third kappa shape index (κ3) is 3.38. The highest BCUT2D eigenvalue weighted by Crippen LogP contribution is 2.26. The zero-order valence-electron chi connectivity index (χ0n) is 11.9. The Labute approximate surface area is 129 Å². The number of aromatic nitrogens is 1. The normalized spacial score (nSPS) is 13.8. The highest BCUT2D eigenvalue weighted by atomic mass is 32.1. The van der Waals surface area contributed by atoms with Crippen molar-refractivity contribution in [3.8, 4) is 0 Å². The van der Waals surface area contributed by atoms with Crippen LogP contribution in [-0.4, -0.2) is 4.98 Å². The smallest absolute Gasteiger partial charge is 0.0756 e. The van der Waals surface area contributed by atoms with Crippen molar-refractivity contribution in [2.45, 2.75) is 19.0 Å². The molecule has 0 bridgehead atoms. The molecule has 1 N–H and O–H groups in total. The van der Waals surface area contributed by atoms with Crippen molar-refractivity contribution in [1.29, 1.82) is 0 Å². The van der Waals surface area contributed by atoms with E-state index in [4.69, 9.17) is 0 Å². The molecule has 2 heterocycles. The Morgan fingerprint density at radius 3 is 2.43 bits per heavy atom. The molecule has 3 heteroatoms. The van der Waals surface area contributed by atoms with E-state index in [0.29, 0.717) is 0 Å². The van der Waals surface area contributed by atoms with Crippen LogP contribution in [-0.2, 0) is 0 Å². The summed E-state index contributed by atoms with van der Waals surface area (Å²) in [5.41, 5.74) is 2.28. The highest BCUT2D eigenvalue weighted by molar-refractivity contribution is 7.10. The Balaban J connectivity index is 1.90. The number of nitrogens with zero attached hydrogens (tertiary/aromatic N) is 1. The molecule has 0 saturated heterocycles. The van der Waals surface area contributed by atoms with Crippen LogP contribution >= 0.6 is 11.3 Å². The summed E-state index contributed by atoms with van der Waals surface area (Å²) < 4.78 is 0. The monoisotopic (exact) mass is 294 g/mol. The highest BCUT2D eigenvalue weighted by Gasteiger charge is 2.18. The summed E-state index contributed by atoms with van der Waals surface area (Å²) in [6.07, 6.45) is 1.85. The van der Waals surface area contributed by atoms with Gasteiger partial charge in [-0.2, -0.15) is 0 Å². The first-order chi connectivity index (χ1) is 10.3. The molecular weight excluding hydrogens is 276 g/mol. The lowest BCUT2D eigenvalue weighted by Gasteiger charge is -2.23. The van der Waals surface area contributed by atoms with Gasteiger partial charge < -0.3 is 0 Å². The lowest BCUT2D eigenvalue weighted by atomic mass is 10.0. The molecule has 0 aliphatic carbocycles. The molecular formula is C18H18N2S. The average molecular weight is 294 g/mol.